The number of ether oxygens (including phenoxy) is 1. The molecular weight excluding hydrogens is 410 g/mol. The molecule has 1 aromatic heterocycles. The second-order valence-corrected chi connectivity index (χ2v) is 8.20. The zero-order valence-corrected chi connectivity index (χ0v) is 19.3. The van der Waals surface area contributed by atoms with Gasteiger partial charge in [-0.3, -0.25) is 4.79 Å². The van der Waals surface area contributed by atoms with E-state index in [0.717, 1.165) is 34.0 Å². The Kier molecular flexibility index (Phi) is 6.89. The van der Waals surface area contributed by atoms with Crippen LogP contribution in [0.1, 0.15) is 28.8 Å². The van der Waals surface area contributed by atoms with Crippen molar-refractivity contribution in [3.8, 4) is 22.7 Å². The molecule has 5 heteroatoms. The minimum Gasteiger partial charge on any atom is -0.497 e. The van der Waals surface area contributed by atoms with Crippen molar-refractivity contribution in [3.63, 3.8) is 0 Å². The molecule has 0 aliphatic carbocycles. The van der Waals surface area contributed by atoms with E-state index < -0.39 is 0 Å². The van der Waals surface area contributed by atoms with Crippen LogP contribution in [0.3, 0.4) is 0 Å². The van der Waals surface area contributed by atoms with Gasteiger partial charge >= 0.3 is 0 Å². The van der Waals surface area contributed by atoms with E-state index in [1.807, 2.05) is 47.1 Å². The normalized spacial score (nSPS) is 10.8. The summed E-state index contributed by atoms with van der Waals surface area (Å²) in [5.74, 6) is 0.823. The summed E-state index contributed by atoms with van der Waals surface area (Å²) in [7, 11) is 1.65. The van der Waals surface area contributed by atoms with Crippen LogP contribution in [-0.4, -0.2) is 22.8 Å². The molecule has 0 spiro atoms. The molecule has 0 atom stereocenters. The molecular formula is C28H29N3O2. The maximum absolute atomic E-state index is 12.5. The molecule has 0 saturated heterocycles. The zero-order chi connectivity index (χ0) is 23.2. The smallest absolute Gasteiger partial charge is 0.220 e. The molecule has 5 nitrogen and oxygen atoms in total. The van der Waals surface area contributed by atoms with Crippen LogP contribution >= 0.6 is 0 Å². The van der Waals surface area contributed by atoms with E-state index in [-0.39, 0.29) is 5.91 Å². The minimum atomic E-state index is 0.0242. The summed E-state index contributed by atoms with van der Waals surface area (Å²) in [6.45, 7) is 4.67. The lowest BCUT2D eigenvalue weighted by Crippen LogP contribution is -2.23. The van der Waals surface area contributed by atoms with Crippen LogP contribution in [-0.2, 0) is 17.8 Å². The zero-order valence-electron chi connectivity index (χ0n) is 19.3. The van der Waals surface area contributed by atoms with Crippen LogP contribution < -0.4 is 10.1 Å². The van der Waals surface area contributed by atoms with E-state index in [1.54, 1.807) is 7.11 Å². The van der Waals surface area contributed by atoms with Gasteiger partial charge in [-0.1, -0.05) is 54.1 Å². The van der Waals surface area contributed by atoms with Crippen LogP contribution in [0.5, 0.6) is 5.75 Å². The fraction of sp³-hybridized carbons (Fsp3) is 0.214. The number of nitrogens with zero attached hydrogens (tertiary/aromatic N) is 2. The summed E-state index contributed by atoms with van der Waals surface area (Å²) in [6.07, 6.45) is 0.959. The first-order valence-electron chi connectivity index (χ1n) is 11.1. The van der Waals surface area contributed by atoms with E-state index in [2.05, 4.69) is 55.6 Å². The predicted octanol–water partition coefficient (Wildman–Crippen LogP) is 5.41. The average molecular weight is 440 g/mol. The molecule has 1 heterocycles. The molecule has 0 aliphatic heterocycles. The third-order valence-electron chi connectivity index (χ3n) is 5.74. The van der Waals surface area contributed by atoms with E-state index >= 15 is 0 Å². The topological polar surface area (TPSA) is 56.2 Å². The van der Waals surface area contributed by atoms with Gasteiger partial charge in [0.05, 0.1) is 24.2 Å². The number of carbonyl (C=O) groups excluding carboxylic acids is 1. The third kappa shape index (κ3) is 5.50. The number of methoxy groups -OCH3 is 1. The lowest BCUT2D eigenvalue weighted by atomic mass is 10.1. The van der Waals surface area contributed by atoms with Gasteiger partial charge < -0.3 is 10.1 Å². The number of hydrogen-bond donors (Lipinski definition) is 1. The van der Waals surface area contributed by atoms with Gasteiger partial charge in [-0.2, -0.15) is 5.10 Å². The van der Waals surface area contributed by atoms with Gasteiger partial charge in [-0.15, -0.1) is 0 Å². The van der Waals surface area contributed by atoms with Gasteiger partial charge in [0.15, 0.2) is 0 Å². The Morgan fingerprint density at radius 3 is 2.45 bits per heavy atom. The molecule has 0 aliphatic rings. The Hall–Kier alpha value is -3.86. The second kappa shape index (κ2) is 10.2. The highest BCUT2D eigenvalue weighted by Gasteiger charge is 2.13. The number of amides is 1. The van der Waals surface area contributed by atoms with Crippen LogP contribution in [0.2, 0.25) is 0 Å². The SMILES string of the molecule is COc1ccc(-n2nc(CCC(=O)NCc3cc(C)ccc3C)cc2-c2ccccc2)cc1. The molecule has 4 rings (SSSR count). The quantitative estimate of drug-likeness (QED) is 0.399. The number of aromatic nitrogens is 2. The third-order valence-corrected chi connectivity index (χ3v) is 5.74. The highest BCUT2D eigenvalue weighted by molar-refractivity contribution is 5.76. The monoisotopic (exact) mass is 439 g/mol. The Labute approximate surface area is 195 Å². The number of rotatable bonds is 8. The largest absolute Gasteiger partial charge is 0.497 e. The van der Waals surface area contributed by atoms with Crippen LogP contribution in [0, 0.1) is 13.8 Å². The summed E-state index contributed by atoms with van der Waals surface area (Å²) < 4.78 is 7.21. The number of benzene rings is 3. The van der Waals surface area contributed by atoms with Gasteiger partial charge in [0.2, 0.25) is 5.91 Å². The Bertz CT molecular complexity index is 1230. The van der Waals surface area contributed by atoms with Crippen molar-refractivity contribution >= 4 is 5.91 Å². The van der Waals surface area contributed by atoms with Gasteiger partial charge in [0, 0.05) is 24.9 Å². The van der Waals surface area contributed by atoms with Crippen molar-refractivity contribution in [1.29, 1.82) is 0 Å². The first-order valence-corrected chi connectivity index (χ1v) is 11.1. The van der Waals surface area contributed by atoms with E-state index in [1.165, 1.54) is 11.1 Å². The number of hydrogen-bond acceptors (Lipinski definition) is 3. The maximum atomic E-state index is 12.5. The molecule has 0 fully saturated rings. The average Bonchev–Trinajstić information content (AvgIpc) is 3.28. The highest BCUT2D eigenvalue weighted by atomic mass is 16.5. The summed E-state index contributed by atoms with van der Waals surface area (Å²) in [5.41, 5.74) is 7.43. The van der Waals surface area contributed by atoms with E-state index in [9.17, 15) is 4.79 Å². The van der Waals surface area contributed by atoms with Crippen molar-refractivity contribution in [2.45, 2.75) is 33.2 Å². The number of carbonyl (C=O) groups is 1. The van der Waals surface area contributed by atoms with E-state index in [0.29, 0.717) is 19.4 Å². The molecule has 1 N–H and O–H groups in total. The number of nitrogens with one attached hydrogen (secondary N) is 1. The summed E-state index contributed by atoms with van der Waals surface area (Å²) in [4.78, 5) is 12.5. The molecule has 4 aromatic rings. The second-order valence-electron chi connectivity index (χ2n) is 8.20. The fourth-order valence-corrected chi connectivity index (χ4v) is 3.80. The van der Waals surface area contributed by atoms with Gasteiger partial charge in [-0.25, -0.2) is 4.68 Å². The maximum Gasteiger partial charge on any atom is 0.220 e. The fourth-order valence-electron chi connectivity index (χ4n) is 3.80. The summed E-state index contributed by atoms with van der Waals surface area (Å²) in [5, 5.41) is 7.87. The Morgan fingerprint density at radius 1 is 0.970 bits per heavy atom. The molecule has 0 saturated carbocycles. The van der Waals surface area contributed by atoms with Gasteiger partial charge in [0.25, 0.3) is 0 Å². The first-order chi connectivity index (χ1) is 16.0. The van der Waals surface area contributed by atoms with Crippen molar-refractivity contribution in [1.82, 2.24) is 15.1 Å². The van der Waals surface area contributed by atoms with Crippen LogP contribution in [0.15, 0.2) is 78.9 Å². The molecule has 3 aromatic carbocycles. The van der Waals surface area contributed by atoms with Crippen molar-refractivity contribution in [2.24, 2.45) is 0 Å². The van der Waals surface area contributed by atoms with Crippen molar-refractivity contribution < 1.29 is 9.53 Å². The molecule has 0 radical (unpaired) electrons. The molecule has 1 amide bonds. The highest BCUT2D eigenvalue weighted by Crippen LogP contribution is 2.25. The molecule has 0 bridgehead atoms. The summed E-state index contributed by atoms with van der Waals surface area (Å²) >= 11 is 0. The summed E-state index contributed by atoms with van der Waals surface area (Å²) in [6, 6.07) is 26.3. The lowest BCUT2D eigenvalue weighted by Gasteiger charge is -2.09. The lowest BCUT2D eigenvalue weighted by molar-refractivity contribution is -0.121. The standard InChI is InChI=1S/C28H29N3O2/c1-20-9-10-21(2)23(17-20)19-29-28(32)16-11-24-18-27(22-7-5-4-6-8-22)31(30-24)25-12-14-26(33-3)15-13-25/h4-10,12-15,17-18H,11,16,19H2,1-3H3,(H,29,32). The minimum absolute atomic E-state index is 0.0242. The molecule has 168 valence electrons. The van der Waals surface area contributed by atoms with E-state index in [4.69, 9.17) is 9.84 Å². The Morgan fingerprint density at radius 2 is 1.73 bits per heavy atom. The molecule has 0 unspecified atom stereocenters. The van der Waals surface area contributed by atoms with Crippen molar-refractivity contribution in [2.75, 3.05) is 7.11 Å². The first kappa shape index (κ1) is 22.3. The predicted molar refractivity (Wildman–Crippen MR) is 132 cm³/mol. The van der Waals surface area contributed by atoms with Crippen LogP contribution in [0.25, 0.3) is 16.9 Å². The number of aryl methyl sites for hydroxylation is 3. The Balaban J connectivity index is 1.49. The van der Waals surface area contributed by atoms with Crippen LogP contribution in [0.4, 0.5) is 0 Å². The van der Waals surface area contributed by atoms with Crippen molar-refractivity contribution in [3.05, 3.63) is 101 Å². The molecule has 33 heavy (non-hydrogen) atoms. The van der Waals surface area contributed by atoms with Gasteiger partial charge in [0.1, 0.15) is 5.75 Å². The van der Waals surface area contributed by atoms with Gasteiger partial charge in [-0.05, 0) is 55.3 Å².